The Morgan fingerprint density at radius 3 is 2.65 bits per heavy atom. The van der Waals surface area contributed by atoms with Crippen LogP contribution in [0.4, 0.5) is 0 Å². The molecular formula is C18H15BrN2O2. The van der Waals surface area contributed by atoms with Gasteiger partial charge >= 0.3 is 0 Å². The van der Waals surface area contributed by atoms with E-state index < -0.39 is 5.91 Å². The van der Waals surface area contributed by atoms with Gasteiger partial charge in [0.05, 0.1) is 4.47 Å². The molecule has 5 heteroatoms. The molecule has 0 aliphatic heterocycles. The number of benzene rings is 2. The van der Waals surface area contributed by atoms with Crippen molar-refractivity contribution in [1.82, 2.24) is 5.32 Å². The fourth-order valence-corrected chi connectivity index (χ4v) is 2.38. The molecule has 0 fully saturated rings. The Morgan fingerprint density at radius 2 is 2.00 bits per heavy atom. The minimum atomic E-state index is -0.410. The Hall–Kier alpha value is -2.58. The monoisotopic (exact) mass is 370 g/mol. The number of amides is 1. The first-order valence-corrected chi connectivity index (χ1v) is 7.82. The van der Waals surface area contributed by atoms with Gasteiger partial charge in [-0.05, 0) is 51.7 Å². The molecule has 0 heterocycles. The van der Waals surface area contributed by atoms with Gasteiger partial charge in [-0.3, -0.25) is 4.79 Å². The minimum absolute atomic E-state index is 0.0238. The van der Waals surface area contributed by atoms with Crippen LogP contribution in [0.1, 0.15) is 11.1 Å². The number of phenols is 1. The number of hydrogen-bond acceptors (Lipinski definition) is 3. The van der Waals surface area contributed by atoms with Crippen molar-refractivity contribution in [3.8, 4) is 11.8 Å². The zero-order valence-corrected chi connectivity index (χ0v) is 13.9. The van der Waals surface area contributed by atoms with Gasteiger partial charge in [-0.2, -0.15) is 5.26 Å². The molecule has 0 saturated carbocycles. The Kier molecular flexibility index (Phi) is 5.95. The third-order valence-corrected chi connectivity index (χ3v) is 3.83. The SMILES string of the molecule is N#C/C(=C\c1ccc(O)c(Br)c1)C(=O)NCCc1ccccc1. The van der Waals surface area contributed by atoms with Gasteiger partial charge in [0.2, 0.25) is 0 Å². The van der Waals surface area contributed by atoms with Crippen molar-refractivity contribution in [2.45, 2.75) is 6.42 Å². The molecule has 2 aromatic carbocycles. The second-order valence-electron chi connectivity index (χ2n) is 4.87. The highest BCUT2D eigenvalue weighted by Gasteiger charge is 2.09. The highest BCUT2D eigenvalue weighted by Crippen LogP contribution is 2.25. The molecule has 0 bridgehead atoms. The van der Waals surface area contributed by atoms with Gasteiger partial charge in [-0.25, -0.2) is 0 Å². The summed E-state index contributed by atoms with van der Waals surface area (Å²) in [5.41, 5.74) is 1.80. The number of phenolic OH excluding ortho intramolecular Hbond substituents is 1. The van der Waals surface area contributed by atoms with E-state index in [0.29, 0.717) is 23.0 Å². The Labute approximate surface area is 143 Å². The average molecular weight is 371 g/mol. The van der Waals surface area contributed by atoms with Gasteiger partial charge < -0.3 is 10.4 Å². The molecule has 2 N–H and O–H groups in total. The van der Waals surface area contributed by atoms with E-state index in [1.807, 2.05) is 36.4 Å². The Balaban J connectivity index is 1.99. The maximum absolute atomic E-state index is 12.1. The van der Waals surface area contributed by atoms with Crippen molar-refractivity contribution >= 4 is 27.9 Å². The standard InChI is InChI=1S/C18H15BrN2O2/c19-16-11-14(6-7-17(16)22)10-15(12-20)18(23)21-9-8-13-4-2-1-3-5-13/h1-7,10-11,22H,8-9H2,(H,21,23)/b15-10+. The average Bonchev–Trinajstić information content (AvgIpc) is 2.56. The molecule has 0 aliphatic carbocycles. The van der Waals surface area contributed by atoms with Crippen LogP contribution in [-0.4, -0.2) is 17.6 Å². The maximum Gasteiger partial charge on any atom is 0.261 e. The molecule has 0 aromatic heterocycles. The van der Waals surface area contributed by atoms with Gasteiger partial charge in [0, 0.05) is 6.54 Å². The largest absolute Gasteiger partial charge is 0.507 e. The molecular weight excluding hydrogens is 356 g/mol. The van der Waals surface area contributed by atoms with Crippen LogP contribution in [0.15, 0.2) is 58.6 Å². The molecule has 0 atom stereocenters. The lowest BCUT2D eigenvalue weighted by molar-refractivity contribution is -0.117. The number of carbonyl (C=O) groups is 1. The first-order chi connectivity index (χ1) is 11.1. The van der Waals surface area contributed by atoms with Gasteiger partial charge in [0.1, 0.15) is 17.4 Å². The van der Waals surface area contributed by atoms with E-state index in [0.717, 1.165) is 5.56 Å². The summed E-state index contributed by atoms with van der Waals surface area (Å²) in [5, 5.41) is 21.4. The van der Waals surface area contributed by atoms with Gasteiger partial charge in [-0.1, -0.05) is 36.4 Å². The molecule has 4 nitrogen and oxygen atoms in total. The molecule has 2 rings (SSSR count). The fraction of sp³-hybridized carbons (Fsp3) is 0.111. The molecule has 2 aromatic rings. The molecule has 0 radical (unpaired) electrons. The highest BCUT2D eigenvalue weighted by atomic mass is 79.9. The van der Waals surface area contributed by atoms with Crippen molar-refractivity contribution in [1.29, 1.82) is 5.26 Å². The van der Waals surface area contributed by atoms with Crippen LogP contribution in [0, 0.1) is 11.3 Å². The third-order valence-electron chi connectivity index (χ3n) is 3.19. The lowest BCUT2D eigenvalue weighted by atomic mass is 10.1. The quantitative estimate of drug-likeness (QED) is 0.625. The van der Waals surface area contributed by atoms with Crippen LogP contribution in [0.5, 0.6) is 5.75 Å². The third kappa shape index (κ3) is 4.97. The molecule has 0 saturated heterocycles. The number of nitrogens with zero attached hydrogens (tertiary/aromatic N) is 1. The fourth-order valence-electron chi connectivity index (χ4n) is 1.99. The normalized spacial score (nSPS) is 10.9. The number of aromatic hydroxyl groups is 1. The Morgan fingerprint density at radius 1 is 1.26 bits per heavy atom. The molecule has 0 aliphatic rings. The van der Waals surface area contributed by atoms with Crippen molar-refractivity contribution in [2.24, 2.45) is 0 Å². The number of nitriles is 1. The van der Waals surface area contributed by atoms with E-state index in [4.69, 9.17) is 5.26 Å². The van der Waals surface area contributed by atoms with Crippen LogP contribution >= 0.6 is 15.9 Å². The maximum atomic E-state index is 12.1. The van der Waals surface area contributed by atoms with Crippen molar-refractivity contribution < 1.29 is 9.90 Å². The number of rotatable bonds is 5. The zero-order valence-electron chi connectivity index (χ0n) is 12.3. The summed E-state index contributed by atoms with van der Waals surface area (Å²) in [7, 11) is 0. The molecule has 0 spiro atoms. The van der Waals surface area contributed by atoms with Crippen LogP contribution in [0.3, 0.4) is 0 Å². The van der Waals surface area contributed by atoms with Crippen LogP contribution < -0.4 is 5.32 Å². The van der Waals surface area contributed by atoms with Crippen LogP contribution in [-0.2, 0) is 11.2 Å². The summed E-state index contributed by atoms with van der Waals surface area (Å²) in [5.74, 6) is -0.305. The number of halogens is 1. The van der Waals surface area contributed by atoms with E-state index in [-0.39, 0.29) is 11.3 Å². The first kappa shape index (κ1) is 16.8. The van der Waals surface area contributed by atoms with Crippen molar-refractivity contribution in [2.75, 3.05) is 6.54 Å². The number of hydrogen-bond donors (Lipinski definition) is 2. The smallest absolute Gasteiger partial charge is 0.261 e. The van der Waals surface area contributed by atoms with Crippen LogP contribution in [0.25, 0.3) is 6.08 Å². The summed E-state index contributed by atoms with van der Waals surface area (Å²) < 4.78 is 0.507. The first-order valence-electron chi connectivity index (χ1n) is 7.02. The van der Waals surface area contributed by atoms with Gasteiger partial charge in [-0.15, -0.1) is 0 Å². The summed E-state index contributed by atoms with van der Waals surface area (Å²) in [6.07, 6.45) is 2.19. The minimum Gasteiger partial charge on any atom is -0.507 e. The number of carbonyl (C=O) groups excluding carboxylic acids is 1. The highest BCUT2D eigenvalue weighted by molar-refractivity contribution is 9.10. The molecule has 1 amide bonds. The van der Waals surface area contributed by atoms with Crippen molar-refractivity contribution in [3.05, 3.63) is 69.7 Å². The van der Waals surface area contributed by atoms with E-state index in [1.54, 1.807) is 12.1 Å². The molecule has 0 unspecified atom stereocenters. The van der Waals surface area contributed by atoms with E-state index in [9.17, 15) is 9.90 Å². The predicted octanol–water partition coefficient (Wildman–Crippen LogP) is 3.42. The number of nitrogens with one attached hydrogen (secondary N) is 1. The zero-order chi connectivity index (χ0) is 16.7. The molecule has 116 valence electrons. The second-order valence-corrected chi connectivity index (χ2v) is 5.73. The van der Waals surface area contributed by atoms with E-state index in [1.165, 1.54) is 12.1 Å². The molecule has 23 heavy (non-hydrogen) atoms. The lowest BCUT2D eigenvalue weighted by Crippen LogP contribution is -2.26. The van der Waals surface area contributed by atoms with Gasteiger partial charge in [0.15, 0.2) is 0 Å². The van der Waals surface area contributed by atoms with Crippen LogP contribution in [0.2, 0.25) is 0 Å². The van der Waals surface area contributed by atoms with Crippen molar-refractivity contribution in [3.63, 3.8) is 0 Å². The summed E-state index contributed by atoms with van der Waals surface area (Å²) in [4.78, 5) is 12.1. The van der Waals surface area contributed by atoms with E-state index in [2.05, 4.69) is 21.2 Å². The lowest BCUT2D eigenvalue weighted by Gasteiger charge is -2.05. The second kappa shape index (κ2) is 8.16. The predicted molar refractivity (Wildman–Crippen MR) is 92.6 cm³/mol. The van der Waals surface area contributed by atoms with E-state index >= 15 is 0 Å². The Bertz CT molecular complexity index is 764. The summed E-state index contributed by atoms with van der Waals surface area (Å²) in [6, 6.07) is 16.5. The summed E-state index contributed by atoms with van der Waals surface area (Å²) in [6.45, 7) is 0.459. The van der Waals surface area contributed by atoms with Gasteiger partial charge in [0.25, 0.3) is 5.91 Å². The topological polar surface area (TPSA) is 73.1 Å². The summed E-state index contributed by atoms with van der Waals surface area (Å²) >= 11 is 3.20.